The number of aromatic nitrogens is 2. The maximum Gasteiger partial charge on any atom is 0.247 e. The molecule has 0 bridgehead atoms. The van der Waals surface area contributed by atoms with Crippen molar-refractivity contribution in [2.45, 2.75) is 19.3 Å². The topological polar surface area (TPSA) is 77.2 Å². The summed E-state index contributed by atoms with van der Waals surface area (Å²) in [6.45, 7) is 1.75. The van der Waals surface area contributed by atoms with E-state index in [-0.39, 0.29) is 17.7 Å². The van der Waals surface area contributed by atoms with E-state index in [2.05, 4.69) is 15.5 Å². The fourth-order valence-electron chi connectivity index (χ4n) is 3.15. The van der Waals surface area contributed by atoms with Crippen molar-refractivity contribution in [3.8, 4) is 17.2 Å². The first kappa shape index (κ1) is 16.3. The second-order valence-corrected chi connectivity index (χ2v) is 6.38. The van der Waals surface area contributed by atoms with Gasteiger partial charge in [-0.25, -0.2) is 0 Å². The average molecular weight is 349 g/mol. The van der Waals surface area contributed by atoms with Crippen LogP contribution in [0.5, 0.6) is 5.75 Å². The van der Waals surface area contributed by atoms with E-state index in [0.29, 0.717) is 11.8 Å². The van der Waals surface area contributed by atoms with Crippen molar-refractivity contribution in [2.75, 3.05) is 12.4 Å². The van der Waals surface area contributed by atoms with Crippen molar-refractivity contribution >= 4 is 11.6 Å². The number of amides is 1. The third-order valence-corrected chi connectivity index (χ3v) is 4.59. The zero-order valence-corrected chi connectivity index (χ0v) is 14.6. The number of carbonyl (C=O) groups excluding carboxylic acids is 1. The van der Waals surface area contributed by atoms with Crippen LogP contribution in [0.3, 0.4) is 0 Å². The maximum atomic E-state index is 12.5. The molecule has 1 aliphatic rings. The number of carbonyl (C=O) groups is 1. The molecule has 132 valence electrons. The summed E-state index contributed by atoms with van der Waals surface area (Å²) in [7, 11) is 1.66. The van der Waals surface area contributed by atoms with Crippen molar-refractivity contribution in [3.05, 3.63) is 60.0 Å². The predicted molar refractivity (Wildman–Crippen MR) is 96.9 cm³/mol. The van der Waals surface area contributed by atoms with Gasteiger partial charge in [0.15, 0.2) is 0 Å². The van der Waals surface area contributed by atoms with Crippen molar-refractivity contribution in [1.29, 1.82) is 0 Å². The summed E-state index contributed by atoms with van der Waals surface area (Å²) in [6.07, 6.45) is 0.839. The lowest BCUT2D eigenvalue weighted by Gasteiger charge is -2.08. The molecule has 26 heavy (non-hydrogen) atoms. The molecule has 1 N–H and O–H groups in total. The van der Waals surface area contributed by atoms with Crippen LogP contribution in [0.15, 0.2) is 52.9 Å². The van der Waals surface area contributed by atoms with E-state index in [1.807, 2.05) is 48.5 Å². The van der Waals surface area contributed by atoms with Crippen LogP contribution in [-0.4, -0.2) is 23.2 Å². The summed E-state index contributed by atoms with van der Waals surface area (Å²) in [5, 5.41) is 10.8. The number of nitrogens with zero attached hydrogens (tertiary/aromatic N) is 2. The van der Waals surface area contributed by atoms with Crippen LogP contribution in [-0.2, 0) is 4.79 Å². The molecule has 1 saturated carbocycles. The first-order chi connectivity index (χ1) is 12.7. The van der Waals surface area contributed by atoms with E-state index < -0.39 is 0 Å². The molecule has 1 heterocycles. The van der Waals surface area contributed by atoms with Gasteiger partial charge in [-0.2, -0.15) is 0 Å². The minimum Gasteiger partial charge on any atom is -0.496 e. The van der Waals surface area contributed by atoms with Gasteiger partial charge in [0, 0.05) is 24.1 Å². The van der Waals surface area contributed by atoms with Crippen LogP contribution in [0.25, 0.3) is 11.5 Å². The summed E-state index contributed by atoms with van der Waals surface area (Å²) in [4.78, 5) is 12.5. The van der Waals surface area contributed by atoms with Crippen LogP contribution in [0.1, 0.15) is 23.8 Å². The lowest BCUT2D eigenvalue weighted by Crippen LogP contribution is -2.14. The van der Waals surface area contributed by atoms with Crippen molar-refractivity contribution < 1.29 is 13.9 Å². The number of anilines is 1. The summed E-state index contributed by atoms with van der Waals surface area (Å²) in [6, 6.07) is 15.3. The Labute approximate surface area is 151 Å². The third kappa shape index (κ3) is 3.18. The molecule has 4 rings (SSSR count). The Morgan fingerprint density at radius 2 is 1.92 bits per heavy atom. The monoisotopic (exact) mass is 349 g/mol. The highest BCUT2D eigenvalue weighted by molar-refractivity contribution is 5.95. The van der Waals surface area contributed by atoms with E-state index in [4.69, 9.17) is 9.15 Å². The quantitative estimate of drug-likeness (QED) is 0.758. The molecule has 0 aliphatic heterocycles. The zero-order chi connectivity index (χ0) is 18.1. The van der Waals surface area contributed by atoms with E-state index >= 15 is 0 Å². The van der Waals surface area contributed by atoms with Gasteiger partial charge < -0.3 is 14.5 Å². The lowest BCUT2D eigenvalue weighted by atomic mass is 10.1. The zero-order valence-electron chi connectivity index (χ0n) is 14.6. The standard InChI is InChI=1S/C20H19N3O3/c1-12-22-23-20(26-12)13-7-9-14(10-8-13)21-19(24)17-11-16(17)15-5-3-4-6-18(15)25-2/h3-10,16-17H,11H2,1-2H3,(H,21,24)/t16-,17+/m0/s1. The van der Waals surface area contributed by atoms with E-state index in [9.17, 15) is 4.79 Å². The number of benzene rings is 2. The van der Waals surface area contributed by atoms with Crippen molar-refractivity contribution in [1.82, 2.24) is 10.2 Å². The second-order valence-electron chi connectivity index (χ2n) is 6.38. The minimum absolute atomic E-state index is 0.0235. The van der Waals surface area contributed by atoms with E-state index in [1.165, 1.54) is 0 Å². The van der Waals surface area contributed by atoms with Crippen LogP contribution in [0.2, 0.25) is 0 Å². The van der Waals surface area contributed by atoms with Gasteiger partial charge in [0.05, 0.1) is 7.11 Å². The molecule has 1 aliphatic carbocycles. The highest BCUT2D eigenvalue weighted by Crippen LogP contribution is 2.50. The highest BCUT2D eigenvalue weighted by atomic mass is 16.5. The number of ether oxygens (including phenoxy) is 1. The Balaban J connectivity index is 1.41. The van der Waals surface area contributed by atoms with Gasteiger partial charge in [-0.15, -0.1) is 10.2 Å². The summed E-state index contributed by atoms with van der Waals surface area (Å²) in [5.41, 5.74) is 2.67. The number of rotatable bonds is 5. The summed E-state index contributed by atoms with van der Waals surface area (Å²) < 4.78 is 10.8. The Kier molecular flexibility index (Phi) is 4.16. The summed E-state index contributed by atoms with van der Waals surface area (Å²) >= 11 is 0. The molecule has 0 saturated heterocycles. The molecule has 0 spiro atoms. The molecule has 0 radical (unpaired) electrons. The molecule has 2 atom stereocenters. The van der Waals surface area contributed by atoms with Crippen LogP contribution >= 0.6 is 0 Å². The fourth-order valence-corrected chi connectivity index (χ4v) is 3.15. The first-order valence-electron chi connectivity index (χ1n) is 8.50. The van der Waals surface area contributed by atoms with Crippen LogP contribution in [0.4, 0.5) is 5.69 Å². The van der Waals surface area contributed by atoms with Crippen molar-refractivity contribution in [2.24, 2.45) is 5.92 Å². The Hall–Kier alpha value is -3.15. The van der Waals surface area contributed by atoms with Crippen LogP contribution in [0, 0.1) is 12.8 Å². The molecule has 1 aromatic heterocycles. The number of para-hydroxylation sites is 1. The summed E-state index contributed by atoms with van der Waals surface area (Å²) in [5.74, 6) is 2.05. The number of hydrogen-bond donors (Lipinski definition) is 1. The third-order valence-electron chi connectivity index (χ3n) is 4.59. The number of nitrogens with one attached hydrogen (secondary N) is 1. The normalized spacial score (nSPS) is 18.4. The van der Waals surface area contributed by atoms with Gasteiger partial charge >= 0.3 is 0 Å². The molecule has 0 unspecified atom stereocenters. The molecule has 6 nitrogen and oxygen atoms in total. The smallest absolute Gasteiger partial charge is 0.247 e. The molecule has 1 amide bonds. The molecule has 3 aromatic rings. The number of hydrogen-bond acceptors (Lipinski definition) is 5. The van der Waals surface area contributed by atoms with E-state index in [0.717, 1.165) is 29.0 Å². The average Bonchev–Trinajstić information content (AvgIpc) is 3.36. The molecule has 6 heteroatoms. The first-order valence-corrected chi connectivity index (χ1v) is 8.50. The Morgan fingerprint density at radius 1 is 1.15 bits per heavy atom. The van der Waals surface area contributed by atoms with Crippen molar-refractivity contribution in [3.63, 3.8) is 0 Å². The van der Waals surface area contributed by atoms with Gasteiger partial charge in [0.2, 0.25) is 17.7 Å². The fraction of sp³-hybridized carbons (Fsp3) is 0.250. The van der Waals surface area contributed by atoms with Gasteiger partial charge in [-0.3, -0.25) is 4.79 Å². The lowest BCUT2D eigenvalue weighted by molar-refractivity contribution is -0.117. The molecule has 1 fully saturated rings. The Bertz CT molecular complexity index is 933. The number of aryl methyl sites for hydroxylation is 1. The SMILES string of the molecule is COc1ccccc1[C@@H]1C[C@H]1C(=O)Nc1ccc(-c2nnc(C)o2)cc1. The van der Waals surface area contributed by atoms with Gasteiger partial charge in [-0.05, 0) is 48.2 Å². The largest absolute Gasteiger partial charge is 0.496 e. The molecular weight excluding hydrogens is 330 g/mol. The Morgan fingerprint density at radius 3 is 2.62 bits per heavy atom. The highest BCUT2D eigenvalue weighted by Gasteiger charge is 2.45. The maximum absolute atomic E-state index is 12.5. The van der Waals surface area contributed by atoms with Gasteiger partial charge in [0.25, 0.3) is 0 Å². The molecular formula is C20H19N3O3. The number of methoxy groups -OCH3 is 1. The second kappa shape index (κ2) is 6.63. The molecule has 2 aromatic carbocycles. The van der Waals surface area contributed by atoms with Gasteiger partial charge in [0.1, 0.15) is 5.75 Å². The minimum atomic E-state index is -0.0235. The van der Waals surface area contributed by atoms with Gasteiger partial charge in [-0.1, -0.05) is 18.2 Å². The van der Waals surface area contributed by atoms with Crippen LogP contribution < -0.4 is 10.1 Å². The van der Waals surface area contributed by atoms with E-state index in [1.54, 1.807) is 14.0 Å². The predicted octanol–water partition coefficient (Wildman–Crippen LogP) is 3.80.